The van der Waals surface area contributed by atoms with E-state index in [0.717, 1.165) is 39.3 Å². The van der Waals surface area contributed by atoms with Gasteiger partial charge in [0.15, 0.2) is 0 Å². The summed E-state index contributed by atoms with van der Waals surface area (Å²) in [5, 5.41) is 6.30. The highest BCUT2D eigenvalue weighted by atomic mass is 35.5. The first-order valence-electron chi connectivity index (χ1n) is 6.31. The number of halogens is 1. The third kappa shape index (κ3) is 9.03. The minimum absolute atomic E-state index is 0. The predicted molar refractivity (Wildman–Crippen MR) is 81.8 cm³/mol. The molecule has 1 amide bonds. The number of piperazine rings is 1. The van der Waals surface area contributed by atoms with Crippen LogP contribution in [0.4, 0.5) is 0 Å². The Hall–Kier alpha value is 0.0300. The van der Waals surface area contributed by atoms with Crippen molar-refractivity contribution in [3.63, 3.8) is 0 Å². The van der Waals surface area contributed by atoms with Crippen LogP contribution in [0.15, 0.2) is 0 Å². The van der Waals surface area contributed by atoms with E-state index >= 15 is 0 Å². The maximum absolute atomic E-state index is 11.6. The third-order valence-corrected chi connectivity index (χ3v) is 3.87. The Bertz CT molecular complexity index is 240. The first-order valence-corrected chi connectivity index (χ1v) is 7.30. The summed E-state index contributed by atoms with van der Waals surface area (Å²) in [6.45, 7) is 12.4. The van der Waals surface area contributed by atoms with Gasteiger partial charge in [-0.2, -0.15) is 0 Å². The molecule has 1 heterocycles. The number of thioether (sulfide) groups is 1. The van der Waals surface area contributed by atoms with E-state index in [4.69, 9.17) is 0 Å². The molecule has 6 heteroatoms. The quantitative estimate of drug-likeness (QED) is 0.793. The fourth-order valence-electron chi connectivity index (χ4n) is 1.62. The van der Waals surface area contributed by atoms with Crippen LogP contribution in [0.5, 0.6) is 0 Å². The van der Waals surface area contributed by atoms with Crippen LogP contribution in [0.25, 0.3) is 0 Å². The number of carbonyl (C=O) groups excluding carboxylic acids is 1. The van der Waals surface area contributed by atoms with Crippen molar-refractivity contribution in [3.8, 4) is 0 Å². The van der Waals surface area contributed by atoms with Crippen molar-refractivity contribution in [1.82, 2.24) is 15.5 Å². The van der Waals surface area contributed by atoms with Gasteiger partial charge in [0, 0.05) is 44.0 Å². The molecule has 1 aliphatic rings. The average Bonchev–Trinajstić information content (AvgIpc) is 2.27. The lowest BCUT2D eigenvalue weighted by Crippen LogP contribution is -2.46. The molecule has 2 N–H and O–H groups in total. The third-order valence-electron chi connectivity index (χ3n) is 2.60. The monoisotopic (exact) mass is 295 g/mol. The molecule has 0 bridgehead atoms. The molecular weight excluding hydrogens is 270 g/mol. The summed E-state index contributed by atoms with van der Waals surface area (Å²) in [7, 11) is 0. The first-order chi connectivity index (χ1) is 7.97. The molecule has 0 aliphatic carbocycles. The van der Waals surface area contributed by atoms with Crippen molar-refractivity contribution in [3.05, 3.63) is 0 Å². The fraction of sp³-hybridized carbons (Fsp3) is 0.917. The Balaban J connectivity index is 0.00000289. The van der Waals surface area contributed by atoms with Gasteiger partial charge in [-0.25, -0.2) is 0 Å². The van der Waals surface area contributed by atoms with Crippen molar-refractivity contribution in [2.45, 2.75) is 25.5 Å². The van der Waals surface area contributed by atoms with Crippen molar-refractivity contribution in [2.75, 3.05) is 45.0 Å². The zero-order chi connectivity index (χ0) is 12.7. The molecule has 108 valence electrons. The van der Waals surface area contributed by atoms with Crippen LogP contribution in [0, 0.1) is 0 Å². The summed E-state index contributed by atoms with van der Waals surface area (Å²) in [6.07, 6.45) is 0. The van der Waals surface area contributed by atoms with Gasteiger partial charge in [0.2, 0.25) is 5.91 Å². The summed E-state index contributed by atoms with van der Waals surface area (Å²) < 4.78 is 0.163. The zero-order valence-corrected chi connectivity index (χ0v) is 13.3. The van der Waals surface area contributed by atoms with Crippen LogP contribution in [0.3, 0.4) is 0 Å². The minimum atomic E-state index is 0. The van der Waals surface area contributed by atoms with Gasteiger partial charge in [0.25, 0.3) is 0 Å². The summed E-state index contributed by atoms with van der Waals surface area (Å²) in [4.78, 5) is 14.0. The molecule has 1 fully saturated rings. The van der Waals surface area contributed by atoms with E-state index < -0.39 is 0 Å². The number of nitrogens with zero attached hydrogens (tertiary/aromatic N) is 1. The Morgan fingerprint density at radius 1 is 1.33 bits per heavy atom. The van der Waals surface area contributed by atoms with Crippen molar-refractivity contribution < 1.29 is 4.79 Å². The lowest BCUT2D eigenvalue weighted by molar-refractivity contribution is -0.118. The van der Waals surface area contributed by atoms with Crippen LogP contribution in [-0.4, -0.2) is 60.6 Å². The van der Waals surface area contributed by atoms with Gasteiger partial charge in [-0.05, 0) is 0 Å². The van der Waals surface area contributed by atoms with Crippen molar-refractivity contribution >= 4 is 30.1 Å². The van der Waals surface area contributed by atoms with Crippen LogP contribution < -0.4 is 10.6 Å². The molecule has 1 rings (SSSR count). The van der Waals surface area contributed by atoms with E-state index in [0.29, 0.717) is 5.75 Å². The number of rotatable bonds is 5. The SMILES string of the molecule is CC(C)(C)SCC(=O)NCCN1CCNCC1.Cl. The molecule has 18 heavy (non-hydrogen) atoms. The van der Waals surface area contributed by atoms with E-state index in [1.165, 1.54) is 0 Å². The largest absolute Gasteiger partial charge is 0.354 e. The zero-order valence-electron chi connectivity index (χ0n) is 11.6. The molecule has 4 nitrogen and oxygen atoms in total. The maximum atomic E-state index is 11.6. The normalized spacial score (nSPS) is 17.1. The van der Waals surface area contributed by atoms with Crippen LogP contribution in [0.2, 0.25) is 0 Å². The second kappa shape index (κ2) is 9.02. The highest BCUT2D eigenvalue weighted by Gasteiger charge is 2.13. The number of carbonyl (C=O) groups is 1. The van der Waals surface area contributed by atoms with E-state index in [2.05, 4.69) is 36.3 Å². The van der Waals surface area contributed by atoms with E-state index in [9.17, 15) is 4.79 Å². The molecule has 0 atom stereocenters. The topological polar surface area (TPSA) is 44.4 Å². The van der Waals surface area contributed by atoms with Crippen LogP contribution in [0.1, 0.15) is 20.8 Å². The van der Waals surface area contributed by atoms with E-state index in [1.54, 1.807) is 11.8 Å². The molecule has 0 saturated carbocycles. The summed E-state index contributed by atoms with van der Waals surface area (Å²) in [5.41, 5.74) is 0. The van der Waals surface area contributed by atoms with Gasteiger partial charge in [0.05, 0.1) is 5.75 Å². The highest BCUT2D eigenvalue weighted by molar-refractivity contribution is 8.01. The highest BCUT2D eigenvalue weighted by Crippen LogP contribution is 2.22. The van der Waals surface area contributed by atoms with Crippen molar-refractivity contribution in [1.29, 1.82) is 0 Å². The molecule has 0 aromatic carbocycles. The van der Waals surface area contributed by atoms with Crippen LogP contribution >= 0.6 is 24.2 Å². The fourth-order valence-corrected chi connectivity index (χ4v) is 2.29. The molecule has 1 aliphatic heterocycles. The number of nitrogens with one attached hydrogen (secondary N) is 2. The molecule has 0 aromatic heterocycles. The summed E-state index contributed by atoms with van der Waals surface area (Å²) in [5.74, 6) is 0.713. The van der Waals surface area contributed by atoms with Crippen LogP contribution in [-0.2, 0) is 4.79 Å². The van der Waals surface area contributed by atoms with Gasteiger partial charge in [-0.1, -0.05) is 20.8 Å². The maximum Gasteiger partial charge on any atom is 0.230 e. The standard InChI is InChI=1S/C12H25N3OS.ClH/c1-12(2,3)17-10-11(16)14-6-9-15-7-4-13-5-8-15;/h13H,4-10H2,1-3H3,(H,14,16);1H. The Labute approximate surface area is 121 Å². The van der Waals surface area contributed by atoms with Gasteiger partial charge >= 0.3 is 0 Å². The molecule has 0 unspecified atom stereocenters. The van der Waals surface area contributed by atoms with E-state index in [1.807, 2.05) is 0 Å². The van der Waals surface area contributed by atoms with Gasteiger partial charge < -0.3 is 10.6 Å². The van der Waals surface area contributed by atoms with Gasteiger partial charge in [0.1, 0.15) is 0 Å². The van der Waals surface area contributed by atoms with Gasteiger partial charge in [-0.15, -0.1) is 24.2 Å². The molecule has 1 saturated heterocycles. The smallest absolute Gasteiger partial charge is 0.230 e. The second-order valence-electron chi connectivity index (χ2n) is 5.34. The average molecular weight is 296 g/mol. The summed E-state index contributed by atoms with van der Waals surface area (Å²) in [6, 6.07) is 0. The lowest BCUT2D eigenvalue weighted by Gasteiger charge is -2.27. The predicted octanol–water partition coefficient (Wildman–Crippen LogP) is 0.961. The molecular formula is C12H26ClN3OS. The number of hydrogen-bond donors (Lipinski definition) is 2. The minimum Gasteiger partial charge on any atom is -0.354 e. The van der Waals surface area contributed by atoms with E-state index in [-0.39, 0.29) is 23.1 Å². The molecule has 0 aromatic rings. The van der Waals surface area contributed by atoms with Gasteiger partial charge in [-0.3, -0.25) is 9.69 Å². The Kier molecular flexibility index (Phi) is 9.03. The lowest BCUT2D eigenvalue weighted by atomic mass is 10.3. The Morgan fingerprint density at radius 3 is 2.50 bits per heavy atom. The Morgan fingerprint density at radius 2 is 1.94 bits per heavy atom. The molecule has 0 spiro atoms. The number of amides is 1. The summed E-state index contributed by atoms with van der Waals surface area (Å²) >= 11 is 1.69. The first kappa shape index (κ1) is 18.0. The second-order valence-corrected chi connectivity index (χ2v) is 7.14. The number of hydrogen-bond acceptors (Lipinski definition) is 4. The van der Waals surface area contributed by atoms with Crippen molar-refractivity contribution in [2.24, 2.45) is 0 Å². The molecule has 0 radical (unpaired) electrons.